The molecule has 0 bridgehead atoms. The van der Waals surface area contributed by atoms with Crippen molar-refractivity contribution in [2.24, 2.45) is 5.73 Å². The Morgan fingerprint density at radius 3 is 2.74 bits per heavy atom. The number of halogens is 2. The van der Waals surface area contributed by atoms with Gasteiger partial charge in [0.2, 0.25) is 15.9 Å². The predicted molar refractivity (Wildman–Crippen MR) is 74.4 cm³/mol. The molecule has 0 spiro atoms. The average Bonchev–Trinajstić information content (AvgIpc) is 2.27. The van der Waals surface area contributed by atoms with E-state index in [1.54, 1.807) is 6.07 Å². The Hall–Kier alpha value is -0.670. The van der Waals surface area contributed by atoms with Crippen LogP contribution in [0.25, 0.3) is 0 Å². The van der Waals surface area contributed by atoms with Crippen LogP contribution in [0.4, 0.5) is 0 Å². The fourth-order valence-corrected chi connectivity index (χ4v) is 3.24. The molecule has 0 atom stereocenters. The molecule has 0 saturated carbocycles. The molecule has 6 nitrogen and oxygen atoms in total. The maximum absolute atomic E-state index is 11.9. The topological polar surface area (TPSA) is 98.5 Å². The van der Waals surface area contributed by atoms with E-state index in [-0.39, 0.29) is 29.7 Å². The Kier molecular flexibility index (Phi) is 6.21. The highest BCUT2D eigenvalue weighted by Gasteiger charge is 2.17. The van der Waals surface area contributed by atoms with E-state index < -0.39 is 15.9 Å². The molecule has 0 radical (unpaired) electrons. The SMILES string of the molecule is NC(=O)COCCNS(=O)(=O)c1ccc(Br)cc1Cl. The van der Waals surface area contributed by atoms with Crippen molar-refractivity contribution in [1.82, 2.24) is 4.72 Å². The minimum Gasteiger partial charge on any atom is -0.370 e. The number of nitrogens with two attached hydrogens (primary N) is 1. The predicted octanol–water partition coefficient (Wildman–Crippen LogP) is 0.883. The Labute approximate surface area is 124 Å². The minimum atomic E-state index is -3.71. The molecule has 1 rings (SSSR count). The van der Waals surface area contributed by atoms with Crippen LogP contribution < -0.4 is 10.5 Å². The van der Waals surface area contributed by atoms with Crippen molar-refractivity contribution in [2.75, 3.05) is 19.8 Å². The van der Waals surface area contributed by atoms with E-state index in [1.165, 1.54) is 12.1 Å². The lowest BCUT2D eigenvalue weighted by atomic mass is 10.4. The second kappa shape index (κ2) is 7.20. The van der Waals surface area contributed by atoms with Gasteiger partial charge in [0.1, 0.15) is 11.5 Å². The number of primary amides is 1. The van der Waals surface area contributed by atoms with E-state index in [2.05, 4.69) is 20.7 Å². The molecule has 1 amide bonds. The van der Waals surface area contributed by atoms with Gasteiger partial charge in [-0.05, 0) is 18.2 Å². The van der Waals surface area contributed by atoms with Gasteiger partial charge in [0.15, 0.2) is 0 Å². The molecule has 1 aromatic rings. The number of nitrogens with one attached hydrogen (secondary N) is 1. The number of rotatable bonds is 7. The molecule has 0 aliphatic rings. The summed E-state index contributed by atoms with van der Waals surface area (Å²) in [5.74, 6) is -0.612. The number of sulfonamides is 1. The van der Waals surface area contributed by atoms with Gasteiger partial charge in [0, 0.05) is 11.0 Å². The van der Waals surface area contributed by atoms with E-state index in [1.807, 2.05) is 0 Å². The summed E-state index contributed by atoms with van der Waals surface area (Å²) in [4.78, 5) is 10.4. The second-order valence-corrected chi connectivity index (χ2v) is 6.55. The van der Waals surface area contributed by atoms with Crippen LogP contribution in [0.2, 0.25) is 5.02 Å². The monoisotopic (exact) mass is 370 g/mol. The van der Waals surface area contributed by atoms with E-state index >= 15 is 0 Å². The standard InChI is InChI=1S/C10H12BrClN2O4S/c11-7-1-2-9(8(12)5-7)19(16,17)14-3-4-18-6-10(13)15/h1-2,5,14H,3-4,6H2,(H2,13,15). The van der Waals surface area contributed by atoms with Gasteiger partial charge < -0.3 is 10.5 Å². The molecule has 106 valence electrons. The molecule has 0 heterocycles. The number of carbonyl (C=O) groups excluding carboxylic acids is 1. The maximum atomic E-state index is 11.9. The molecule has 0 aliphatic carbocycles. The summed E-state index contributed by atoms with van der Waals surface area (Å²) >= 11 is 9.04. The molecular formula is C10H12BrClN2O4S. The lowest BCUT2D eigenvalue weighted by Crippen LogP contribution is -2.29. The summed E-state index contributed by atoms with van der Waals surface area (Å²) in [6, 6.07) is 4.45. The van der Waals surface area contributed by atoms with Crippen LogP contribution in [0.3, 0.4) is 0 Å². The Morgan fingerprint density at radius 1 is 1.47 bits per heavy atom. The van der Waals surface area contributed by atoms with E-state index in [0.717, 1.165) is 0 Å². The molecule has 0 aliphatic heterocycles. The van der Waals surface area contributed by atoms with Crippen LogP contribution in [-0.2, 0) is 19.6 Å². The van der Waals surface area contributed by atoms with E-state index in [9.17, 15) is 13.2 Å². The highest BCUT2D eigenvalue weighted by Crippen LogP contribution is 2.24. The first-order chi connectivity index (χ1) is 8.83. The first kappa shape index (κ1) is 16.4. The fourth-order valence-electron chi connectivity index (χ4n) is 1.19. The van der Waals surface area contributed by atoms with Gasteiger partial charge in [-0.3, -0.25) is 4.79 Å². The van der Waals surface area contributed by atoms with E-state index in [4.69, 9.17) is 22.1 Å². The quantitative estimate of drug-likeness (QED) is 0.695. The molecule has 1 aromatic carbocycles. The van der Waals surface area contributed by atoms with Gasteiger partial charge in [0.25, 0.3) is 0 Å². The first-order valence-electron chi connectivity index (χ1n) is 5.13. The summed E-state index contributed by atoms with van der Waals surface area (Å²) < 4.78 is 31.6. The zero-order chi connectivity index (χ0) is 14.5. The third-order valence-electron chi connectivity index (χ3n) is 1.97. The Balaban J connectivity index is 2.59. The van der Waals surface area contributed by atoms with Gasteiger partial charge in [-0.25, -0.2) is 13.1 Å². The molecule has 19 heavy (non-hydrogen) atoms. The van der Waals surface area contributed by atoms with Gasteiger partial charge in [-0.15, -0.1) is 0 Å². The number of hydrogen-bond acceptors (Lipinski definition) is 4. The first-order valence-corrected chi connectivity index (χ1v) is 7.79. The van der Waals surface area contributed by atoms with Crippen molar-refractivity contribution in [3.05, 3.63) is 27.7 Å². The maximum Gasteiger partial charge on any atom is 0.243 e. The zero-order valence-corrected chi connectivity index (χ0v) is 12.9. The second-order valence-electron chi connectivity index (χ2n) is 3.49. The lowest BCUT2D eigenvalue weighted by molar-refractivity contribution is -0.122. The number of hydrogen-bond donors (Lipinski definition) is 2. The van der Waals surface area contributed by atoms with Crippen LogP contribution in [-0.4, -0.2) is 34.1 Å². The largest absolute Gasteiger partial charge is 0.370 e. The molecule has 3 N–H and O–H groups in total. The summed E-state index contributed by atoms with van der Waals surface area (Å²) in [6.07, 6.45) is 0. The summed E-state index contributed by atoms with van der Waals surface area (Å²) in [5, 5.41) is 0.111. The molecule has 0 aromatic heterocycles. The number of amides is 1. The van der Waals surface area contributed by atoms with Crippen LogP contribution in [0.5, 0.6) is 0 Å². The van der Waals surface area contributed by atoms with Crippen molar-refractivity contribution in [3.8, 4) is 0 Å². The summed E-state index contributed by atoms with van der Waals surface area (Å²) in [7, 11) is -3.71. The third-order valence-corrected chi connectivity index (χ3v) is 4.40. The fraction of sp³-hybridized carbons (Fsp3) is 0.300. The van der Waals surface area contributed by atoms with Gasteiger partial charge in [-0.1, -0.05) is 27.5 Å². The zero-order valence-electron chi connectivity index (χ0n) is 9.73. The molecule has 9 heteroatoms. The van der Waals surface area contributed by atoms with Crippen LogP contribution in [0.15, 0.2) is 27.6 Å². The van der Waals surface area contributed by atoms with Crippen molar-refractivity contribution >= 4 is 43.5 Å². The van der Waals surface area contributed by atoms with Crippen molar-refractivity contribution in [3.63, 3.8) is 0 Å². The van der Waals surface area contributed by atoms with Gasteiger partial charge in [-0.2, -0.15) is 0 Å². The average molecular weight is 372 g/mol. The summed E-state index contributed by atoms with van der Waals surface area (Å²) in [6.45, 7) is -0.195. The number of carbonyl (C=O) groups is 1. The van der Waals surface area contributed by atoms with Crippen LogP contribution in [0, 0.1) is 0 Å². The molecule has 0 fully saturated rings. The van der Waals surface area contributed by atoms with Crippen LogP contribution in [0.1, 0.15) is 0 Å². The van der Waals surface area contributed by atoms with Crippen molar-refractivity contribution in [2.45, 2.75) is 4.90 Å². The molecule has 0 unspecified atom stereocenters. The summed E-state index contributed by atoms with van der Waals surface area (Å²) in [5.41, 5.74) is 4.86. The number of benzene rings is 1. The smallest absolute Gasteiger partial charge is 0.243 e. The molecular weight excluding hydrogens is 360 g/mol. The lowest BCUT2D eigenvalue weighted by Gasteiger charge is -2.08. The highest BCUT2D eigenvalue weighted by atomic mass is 79.9. The normalized spacial score (nSPS) is 11.5. The van der Waals surface area contributed by atoms with Gasteiger partial charge >= 0.3 is 0 Å². The Morgan fingerprint density at radius 2 is 2.16 bits per heavy atom. The van der Waals surface area contributed by atoms with Crippen molar-refractivity contribution in [1.29, 1.82) is 0 Å². The van der Waals surface area contributed by atoms with E-state index in [0.29, 0.717) is 4.47 Å². The van der Waals surface area contributed by atoms with Gasteiger partial charge in [0.05, 0.1) is 11.6 Å². The number of ether oxygens (including phenoxy) is 1. The van der Waals surface area contributed by atoms with Crippen molar-refractivity contribution < 1.29 is 17.9 Å². The molecule has 0 saturated heterocycles. The third kappa shape index (κ3) is 5.45. The Bertz CT molecular complexity index is 565. The highest BCUT2D eigenvalue weighted by molar-refractivity contribution is 9.10. The minimum absolute atomic E-state index is 0.0159. The van der Waals surface area contributed by atoms with Crippen LogP contribution >= 0.6 is 27.5 Å².